The lowest BCUT2D eigenvalue weighted by Crippen LogP contribution is -2.27. The van der Waals surface area contributed by atoms with Gasteiger partial charge in [-0.1, -0.05) is 0 Å². The Morgan fingerprint density at radius 2 is 1.83 bits per heavy atom. The summed E-state index contributed by atoms with van der Waals surface area (Å²) in [5, 5.41) is 8.30. The molecule has 12 heavy (non-hydrogen) atoms. The third kappa shape index (κ3) is 3.84. The van der Waals surface area contributed by atoms with Crippen LogP contribution in [-0.2, 0) is 19.1 Å². The number of hydrogen-bond acceptors (Lipinski definition) is 6. The van der Waals surface area contributed by atoms with Gasteiger partial charge in [0, 0.05) is 0 Å². The van der Waals surface area contributed by atoms with Crippen molar-refractivity contribution in [3.05, 3.63) is 0 Å². The number of carbonyl (C=O) groups excluding carboxylic acids is 1. The van der Waals surface area contributed by atoms with Gasteiger partial charge in [-0.25, -0.2) is 9.59 Å². The third-order valence-electron chi connectivity index (χ3n) is 0.872. The molecule has 0 saturated heterocycles. The lowest BCUT2D eigenvalue weighted by Gasteiger charge is -2.11. The van der Waals surface area contributed by atoms with Crippen LogP contribution in [0.15, 0.2) is 0 Å². The highest BCUT2D eigenvalue weighted by atomic mass is 32.1. The third-order valence-corrected chi connectivity index (χ3v) is 1.55. The fourth-order valence-corrected chi connectivity index (χ4v) is 0.782. The van der Waals surface area contributed by atoms with E-state index >= 15 is 0 Å². The summed E-state index contributed by atoms with van der Waals surface area (Å²) >= 11 is 7.15. The molecule has 0 spiro atoms. The zero-order valence-electron chi connectivity index (χ0n) is 6.13. The molecule has 7 heteroatoms. The summed E-state index contributed by atoms with van der Waals surface area (Å²) in [7, 11) is 1.14. The number of aliphatic carboxylic acids is 1. The van der Waals surface area contributed by atoms with Gasteiger partial charge in [0.1, 0.15) is 0 Å². The molecule has 2 unspecified atom stereocenters. The summed E-state index contributed by atoms with van der Waals surface area (Å²) in [6, 6.07) is 0. The molecule has 0 bridgehead atoms. The minimum absolute atomic E-state index is 0.765. The van der Waals surface area contributed by atoms with E-state index in [1.54, 1.807) is 0 Å². The van der Waals surface area contributed by atoms with Gasteiger partial charge in [0.25, 0.3) is 0 Å². The van der Waals surface area contributed by atoms with Crippen LogP contribution in [0.4, 0.5) is 0 Å². The van der Waals surface area contributed by atoms with Crippen molar-refractivity contribution in [3.63, 3.8) is 0 Å². The van der Waals surface area contributed by atoms with Crippen LogP contribution < -0.4 is 0 Å². The molecule has 0 amide bonds. The highest BCUT2D eigenvalue weighted by molar-refractivity contribution is 7.82. The van der Waals surface area contributed by atoms with Crippen LogP contribution in [0.1, 0.15) is 0 Å². The quantitative estimate of drug-likeness (QED) is 0.341. The zero-order valence-corrected chi connectivity index (χ0v) is 7.92. The van der Waals surface area contributed by atoms with Gasteiger partial charge in [0.15, 0.2) is 10.9 Å². The van der Waals surface area contributed by atoms with Gasteiger partial charge in [-0.2, -0.15) is 0 Å². The van der Waals surface area contributed by atoms with E-state index < -0.39 is 22.8 Å². The highest BCUT2D eigenvalue weighted by Crippen LogP contribution is 2.07. The summed E-state index contributed by atoms with van der Waals surface area (Å²) in [5.74, 6) is -2.06. The van der Waals surface area contributed by atoms with Crippen molar-refractivity contribution in [2.45, 2.75) is 10.9 Å². The Balaban J connectivity index is 3.91. The van der Waals surface area contributed by atoms with Crippen LogP contribution >= 0.6 is 25.3 Å². The number of carbonyl (C=O) groups is 2. The second-order valence-corrected chi connectivity index (χ2v) is 2.64. The summed E-state index contributed by atoms with van der Waals surface area (Å²) in [4.78, 5) is 20.8. The number of ether oxygens (including phenoxy) is 2. The van der Waals surface area contributed by atoms with Gasteiger partial charge in [0.2, 0.25) is 0 Å². The lowest BCUT2D eigenvalue weighted by molar-refractivity contribution is -0.154. The van der Waals surface area contributed by atoms with Gasteiger partial charge in [-0.15, -0.1) is 25.3 Å². The van der Waals surface area contributed by atoms with Gasteiger partial charge in [0.05, 0.1) is 7.11 Å². The molecule has 1 N–H and O–H groups in total. The molecule has 70 valence electrons. The number of methoxy groups -OCH3 is 1. The normalized spacial score (nSPS) is 14.9. The Morgan fingerprint density at radius 1 is 1.33 bits per heavy atom. The Labute approximate surface area is 79.9 Å². The molecular formula is C5H8O5S2. The number of thiol groups is 2. The molecule has 0 rings (SSSR count). The summed E-state index contributed by atoms with van der Waals surface area (Å²) in [6.07, 6.45) is 0. The van der Waals surface area contributed by atoms with E-state index in [4.69, 9.17) is 5.11 Å². The first-order valence-electron chi connectivity index (χ1n) is 2.81. The average molecular weight is 212 g/mol. The molecule has 2 atom stereocenters. The predicted octanol–water partition coefficient (Wildman–Crippen LogP) is -0.228. The molecule has 0 aliphatic heterocycles. The SMILES string of the molecule is COC(=O)C(S)OC(S)C(=O)O. The number of rotatable bonds is 4. The van der Waals surface area contributed by atoms with Crippen LogP contribution in [0.25, 0.3) is 0 Å². The molecule has 5 nitrogen and oxygen atoms in total. The molecule has 0 radical (unpaired) electrons. The van der Waals surface area contributed by atoms with Crippen molar-refractivity contribution in [3.8, 4) is 0 Å². The molecule has 0 aromatic rings. The van der Waals surface area contributed by atoms with E-state index in [1.165, 1.54) is 0 Å². The van der Waals surface area contributed by atoms with E-state index in [1.807, 2.05) is 0 Å². The van der Waals surface area contributed by atoms with Crippen molar-refractivity contribution in [1.82, 2.24) is 0 Å². The fourth-order valence-electron chi connectivity index (χ4n) is 0.337. The molecular weight excluding hydrogens is 204 g/mol. The number of carboxylic acid groups (broad SMARTS) is 1. The van der Waals surface area contributed by atoms with Crippen molar-refractivity contribution >= 4 is 37.2 Å². The molecule has 0 aliphatic rings. The minimum atomic E-state index is -1.38. The van der Waals surface area contributed by atoms with E-state index in [-0.39, 0.29) is 0 Å². The minimum Gasteiger partial charge on any atom is -0.479 e. The predicted molar refractivity (Wildman–Crippen MR) is 46.3 cm³/mol. The first-order chi connectivity index (χ1) is 5.49. The molecule has 0 fully saturated rings. The fraction of sp³-hybridized carbons (Fsp3) is 0.600. The molecule has 0 heterocycles. The van der Waals surface area contributed by atoms with Crippen molar-refractivity contribution in [2.24, 2.45) is 0 Å². The van der Waals surface area contributed by atoms with Crippen LogP contribution in [0.2, 0.25) is 0 Å². The van der Waals surface area contributed by atoms with Crippen molar-refractivity contribution < 1.29 is 24.2 Å². The largest absolute Gasteiger partial charge is 0.479 e. The van der Waals surface area contributed by atoms with Crippen LogP contribution in [-0.4, -0.2) is 35.0 Å². The van der Waals surface area contributed by atoms with Crippen molar-refractivity contribution in [1.29, 1.82) is 0 Å². The van der Waals surface area contributed by atoms with E-state index in [2.05, 4.69) is 34.7 Å². The van der Waals surface area contributed by atoms with Crippen LogP contribution in [0.3, 0.4) is 0 Å². The van der Waals surface area contributed by atoms with Gasteiger partial charge in [-0.05, 0) is 0 Å². The van der Waals surface area contributed by atoms with E-state index in [0.717, 1.165) is 7.11 Å². The maximum atomic E-state index is 10.6. The van der Waals surface area contributed by atoms with E-state index in [0.29, 0.717) is 0 Å². The summed E-state index contributed by atoms with van der Waals surface area (Å²) in [5.41, 5.74) is -2.61. The van der Waals surface area contributed by atoms with Crippen molar-refractivity contribution in [2.75, 3.05) is 7.11 Å². The van der Waals surface area contributed by atoms with Gasteiger partial charge >= 0.3 is 11.9 Å². The van der Waals surface area contributed by atoms with Gasteiger partial charge < -0.3 is 14.6 Å². The maximum Gasteiger partial charge on any atom is 0.345 e. The topological polar surface area (TPSA) is 72.8 Å². The maximum absolute atomic E-state index is 10.6. The highest BCUT2D eigenvalue weighted by Gasteiger charge is 2.22. The second-order valence-electron chi connectivity index (χ2n) is 1.70. The Morgan fingerprint density at radius 3 is 2.17 bits per heavy atom. The monoisotopic (exact) mass is 212 g/mol. The first kappa shape index (κ1) is 11.6. The standard InChI is InChI=1S/C5H8O5S2/c1-9-3(8)5(12)10-4(11)2(6)7/h4-5,11-12H,1H3,(H,6,7). The lowest BCUT2D eigenvalue weighted by atomic mass is 10.7. The summed E-state index contributed by atoms with van der Waals surface area (Å²) < 4.78 is 8.74. The molecule has 0 saturated carbocycles. The Kier molecular flexibility index (Phi) is 5.11. The number of esters is 1. The first-order valence-corrected chi connectivity index (χ1v) is 3.84. The average Bonchev–Trinajstić information content (AvgIpc) is 2.02. The van der Waals surface area contributed by atoms with E-state index in [9.17, 15) is 9.59 Å². The Hall–Kier alpha value is -0.400. The summed E-state index contributed by atoms with van der Waals surface area (Å²) in [6.45, 7) is 0. The van der Waals surface area contributed by atoms with Gasteiger partial charge in [-0.3, -0.25) is 0 Å². The Bertz CT molecular complexity index is 183. The smallest absolute Gasteiger partial charge is 0.345 e. The zero-order chi connectivity index (χ0) is 9.72. The molecule has 0 aliphatic carbocycles. The second kappa shape index (κ2) is 5.28. The van der Waals surface area contributed by atoms with Crippen LogP contribution in [0, 0.1) is 0 Å². The number of carboxylic acids is 1. The molecule has 0 aromatic heterocycles. The molecule has 0 aromatic carbocycles. The van der Waals surface area contributed by atoms with Crippen LogP contribution in [0.5, 0.6) is 0 Å². The number of hydrogen-bond donors (Lipinski definition) is 3.